The number of hydrogen-bond acceptors (Lipinski definition) is 3. The summed E-state index contributed by atoms with van der Waals surface area (Å²) in [7, 11) is 0. The van der Waals surface area contributed by atoms with Gasteiger partial charge in [0.15, 0.2) is 0 Å². The number of furan rings is 1. The van der Waals surface area contributed by atoms with Crippen LogP contribution < -0.4 is 26.4 Å². The highest BCUT2D eigenvalue weighted by molar-refractivity contribution is 7.00. The van der Waals surface area contributed by atoms with Crippen LogP contribution in [0.15, 0.2) is 144 Å². The van der Waals surface area contributed by atoms with Crippen molar-refractivity contribution in [3.63, 3.8) is 0 Å². The third-order valence-corrected chi connectivity index (χ3v) is 15.2. The molecule has 310 valence electrons. The van der Waals surface area contributed by atoms with Gasteiger partial charge in [-0.05, 0) is 160 Å². The lowest BCUT2D eigenvalue weighted by molar-refractivity contribution is 0.188. The molecule has 2 aliphatic heterocycles. The van der Waals surface area contributed by atoms with Crippen molar-refractivity contribution in [1.82, 2.24) is 0 Å². The molecule has 0 N–H and O–H groups in total. The number of rotatable bonds is 4. The summed E-state index contributed by atoms with van der Waals surface area (Å²) in [6.45, 7) is 13.6. The first-order valence-corrected chi connectivity index (χ1v) is 22.5. The van der Waals surface area contributed by atoms with E-state index in [1.165, 1.54) is 54.5 Å². The fraction of sp³-hybridized carbons (Fsp3) is 0.228. The van der Waals surface area contributed by atoms with Crippen LogP contribution in [-0.4, -0.2) is 6.71 Å². The summed E-state index contributed by atoms with van der Waals surface area (Å²) in [5.74, 6) is -0.510. The molecule has 1 fully saturated rings. The molecule has 0 spiro atoms. The molecule has 7 aromatic carbocycles. The number of aryl methyl sites for hydroxylation is 1. The zero-order valence-electron chi connectivity index (χ0n) is 36.7. The minimum Gasteiger partial charge on any atom is -0.468 e. The lowest BCUT2D eigenvalue weighted by Crippen LogP contribution is -2.61. The molecule has 13 rings (SSSR count). The second-order valence-corrected chi connectivity index (χ2v) is 20.2. The Morgan fingerprint density at radius 2 is 1.13 bits per heavy atom. The fourth-order valence-electron chi connectivity index (χ4n) is 11.6. The monoisotopic (exact) mass is 826 g/mol. The summed E-state index contributed by atoms with van der Waals surface area (Å²) in [6.07, 6.45) is 4.76. The summed E-state index contributed by atoms with van der Waals surface area (Å²) < 4.78 is 38.2. The maximum absolute atomic E-state index is 15.7. The first-order chi connectivity index (χ1) is 30.3. The van der Waals surface area contributed by atoms with E-state index in [4.69, 9.17) is 4.42 Å². The fourth-order valence-corrected chi connectivity index (χ4v) is 11.6. The number of hydrogen-bond donors (Lipinski definition) is 0. The van der Waals surface area contributed by atoms with Gasteiger partial charge in [0.1, 0.15) is 17.2 Å². The van der Waals surface area contributed by atoms with Gasteiger partial charge in [-0.15, -0.1) is 0 Å². The number of fused-ring (bicyclic) bond motifs is 8. The summed E-state index contributed by atoms with van der Waals surface area (Å²) >= 11 is 0. The highest BCUT2D eigenvalue weighted by Gasteiger charge is 2.50. The zero-order chi connectivity index (χ0) is 43.2. The Bertz CT molecular complexity index is 3190. The molecule has 0 amide bonds. The predicted octanol–water partition coefficient (Wildman–Crippen LogP) is 13.8. The molecule has 3 aliphatic carbocycles. The molecule has 63 heavy (non-hydrogen) atoms. The van der Waals surface area contributed by atoms with Crippen LogP contribution in [-0.2, 0) is 16.2 Å². The standard InChI is InChI=1S/C57H49BF2N2O/c1-34-29-49-52-50(30-34)62(39-22-18-37(19-23-39)55(2,3)4)53-42-32-43-44(57(6)27-25-56(43,5)26-28-57)33-51(42)63-54(53)58(52)45-31-36(41-12-8-10-14-47(41)60)17-24-48(45)61(49)38-20-15-35(16-21-38)40-11-7-9-13-46(40)59/h7-24,29-33H,25-28H2,1-6H3. The summed E-state index contributed by atoms with van der Waals surface area (Å²) in [5.41, 5.74) is 18.5. The first kappa shape index (κ1) is 38.3. The molecule has 0 saturated heterocycles. The van der Waals surface area contributed by atoms with E-state index in [1.54, 1.807) is 12.1 Å². The van der Waals surface area contributed by atoms with Gasteiger partial charge in [-0.25, -0.2) is 8.78 Å². The average Bonchev–Trinajstić information content (AvgIpc) is 3.65. The number of benzene rings is 7. The minimum atomic E-state index is -0.293. The van der Waals surface area contributed by atoms with Gasteiger partial charge in [0.2, 0.25) is 0 Å². The molecule has 0 unspecified atom stereocenters. The van der Waals surface area contributed by atoms with Crippen LogP contribution in [0.4, 0.5) is 42.9 Å². The zero-order valence-corrected chi connectivity index (χ0v) is 36.7. The van der Waals surface area contributed by atoms with Crippen molar-refractivity contribution in [3.05, 3.63) is 173 Å². The van der Waals surface area contributed by atoms with Crippen molar-refractivity contribution in [2.75, 3.05) is 9.80 Å². The average molecular weight is 827 g/mol. The molecule has 1 saturated carbocycles. The maximum Gasteiger partial charge on any atom is 0.297 e. The molecule has 1 aromatic heterocycles. The van der Waals surface area contributed by atoms with E-state index in [2.05, 4.69) is 124 Å². The minimum absolute atomic E-state index is 0.00652. The van der Waals surface area contributed by atoms with Crippen molar-refractivity contribution in [2.24, 2.45) is 0 Å². The van der Waals surface area contributed by atoms with Crippen molar-refractivity contribution in [3.8, 4) is 22.3 Å². The van der Waals surface area contributed by atoms with Gasteiger partial charge >= 0.3 is 0 Å². The Kier molecular flexibility index (Phi) is 8.09. The van der Waals surface area contributed by atoms with Crippen LogP contribution in [0.3, 0.4) is 0 Å². The third-order valence-electron chi connectivity index (χ3n) is 15.2. The highest BCUT2D eigenvalue weighted by Crippen LogP contribution is 2.58. The molecule has 3 heterocycles. The van der Waals surface area contributed by atoms with E-state index in [9.17, 15) is 0 Å². The van der Waals surface area contributed by atoms with Crippen LogP contribution in [0, 0.1) is 18.6 Å². The van der Waals surface area contributed by atoms with E-state index in [1.807, 2.05) is 42.5 Å². The summed E-state index contributed by atoms with van der Waals surface area (Å²) in [5, 5.41) is 1.13. The Morgan fingerprint density at radius 1 is 0.587 bits per heavy atom. The molecular weight excluding hydrogens is 777 g/mol. The topological polar surface area (TPSA) is 19.6 Å². The van der Waals surface area contributed by atoms with Crippen molar-refractivity contribution in [1.29, 1.82) is 0 Å². The van der Waals surface area contributed by atoms with Crippen LogP contribution in [0.25, 0.3) is 33.2 Å². The molecule has 2 bridgehead atoms. The van der Waals surface area contributed by atoms with Gasteiger partial charge in [0.05, 0.1) is 11.3 Å². The van der Waals surface area contributed by atoms with E-state index >= 15 is 8.78 Å². The SMILES string of the molecule is Cc1cc2c3c(c1)N(c1ccc(C(C)(C)C)cc1)c1c(oc4cc5c(cc14)C1(C)CCC5(C)CC1)B3c1cc(-c3ccccc3F)ccc1N2c1ccc(-c2ccccc2F)cc1. The van der Waals surface area contributed by atoms with Crippen molar-refractivity contribution >= 4 is 68.4 Å². The Labute approximate surface area is 369 Å². The van der Waals surface area contributed by atoms with Gasteiger partial charge in [-0.3, -0.25) is 0 Å². The van der Waals surface area contributed by atoms with Gasteiger partial charge in [-0.1, -0.05) is 107 Å². The Morgan fingerprint density at radius 3 is 1.75 bits per heavy atom. The number of nitrogens with zero attached hydrogens (tertiary/aromatic N) is 2. The predicted molar refractivity (Wildman–Crippen MR) is 258 cm³/mol. The van der Waals surface area contributed by atoms with Gasteiger partial charge in [-0.2, -0.15) is 0 Å². The molecule has 3 nitrogen and oxygen atoms in total. The quantitative estimate of drug-likeness (QED) is 0.165. The van der Waals surface area contributed by atoms with Crippen LogP contribution in [0.2, 0.25) is 0 Å². The molecule has 6 heteroatoms. The maximum atomic E-state index is 15.7. The number of halogens is 2. The van der Waals surface area contributed by atoms with E-state index in [-0.39, 0.29) is 34.6 Å². The molecule has 5 aliphatic rings. The largest absolute Gasteiger partial charge is 0.468 e. The van der Waals surface area contributed by atoms with Gasteiger partial charge in [0, 0.05) is 45.0 Å². The molecular formula is C57H49BF2N2O. The second kappa shape index (κ2) is 13.3. The lowest BCUT2D eigenvalue weighted by atomic mass is 9.35. The number of anilines is 6. The Hall–Kier alpha value is -6.40. The van der Waals surface area contributed by atoms with E-state index < -0.39 is 0 Å². The first-order valence-electron chi connectivity index (χ1n) is 22.5. The summed E-state index contributed by atoms with van der Waals surface area (Å²) in [4.78, 5) is 4.79. The Balaban J connectivity index is 1.15. The summed E-state index contributed by atoms with van der Waals surface area (Å²) in [6, 6.07) is 47.1. The van der Waals surface area contributed by atoms with Crippen molar-refractivity contribution in [2.45, 2.75) is 83.5 Å². The van der Waals surface area contributed by atoms with Crippen LogP contribution in [0.5, 0.6) is 0 Å². The van der Waals surface area contributed by atoms with Crippen LogP contribution >= 0.6 is 0 Å². The molecule has 0 radical (unpaired) electrons. The molecule has 8 aromatic rings. The second-order valence-electron chi connectivity index (χ2n) is 20.2. The van der Waals surface area contributed by atoms with E-state index in [0.717, 1.165) is 78.4 Å². The highest BCUT2D eigenvalue weighted by atomic mass is 19.1. The van der Waals surface area contributed by atoms with Crippen LogP contribution in [0.1, 0.15) is 82.6 Å². The smallest absolute Gasteiger partial charge is 0.297 e. The molecule has 0 atom stereocenters. The third kappa shape index (κ3) is 5.62. The lowest BCUT2D eigenvalue weighted by Gasteiger charge is -2.52. The van der Waals surface area contributed by atoms with Gasteiger partial charge < -0.3 is 14.2 Å². The van der Waals surface area contributed by atoms with Gasteiger partial charge in [0.25, 0.3) is 6.71 Å². The normalized spacial score (nSPS) is 19.5. The van der Waals surface area contributed by atoms with E-state index in [0.29, 0.717) is 11.1 Å². The van der Waals surface area contributed by atoms with Crippen molar-refractivity contribution < 1.29 is 13.2 Å².